The average molecular weight is 402 g/mol. The molecular weight excluding hydrogens is 350 g/mol. The highest BCUT2D eigenvalue weighted by molar-refractivity contribution is 4.92. The molecule has 4 saturated carbocycles. The van der Waals surface area contributed by atoms with Gasteiger partial charge >= 0.3 is 0 Å². The van der Waals surface area contributed by atoms with Gasteiger partial charge in [-0.15, -0.1) is 0 Å². The van der Waals surface area contributed by atoms with Crippen molar-refractivity contribution < 1.29 is 0 Å². The first-order valence-corrected chi connectivity index (χ1v) is 13.9. The predicted molar refractivity (Wildman–Crippen MR) is 126 cm³/mol. The van der Waals surface area contributed by atoms with E-state index in [2.05, 4.69) is 19.3 Å². The number of rotatable bonds is 7. The second kappa shape index (κ2) is 11.0. The van der Waals surface area contributed by atoms with Gasteiger partial charge in [0.2, 0.25) is 0 Å². The Morgan fingerprint density at radius 3 is 1.48 bits per heavy atom. The van der Waals surface area contributed by atoms with Crippen LogP contribution in [-0.4, -0.2) is 13.1 Å². The standard InChI is InChI=1S/C28H51N/c1-3-4-5-6-21-7-9-22(10-8-21)24-11-13-27-20-25(12-14-26(27)19-24)23-15-17-28(29-2)18-16-23/h21-29H,3-20H2,1-2H3. The Bertz CT molecular complexity index is 457. The Balaban J connectivity index is 1.18. The minimum absolute atomic E-state index is 0.819. The van der Waals surface area contributed by atoms with Crippen LogP contribution in [0.1, 0.15) is 122 Å². The Morgan fingerprint density at radius 1 is 0.552 bits per heavy atom. The van der Waals surface area contributed by atoms with Gasteiger partial charge < -0.3 is 5.32 Å². The third kappa shape index (κ3) is 5.81. The highest BCUT2D eigenvalue weighted by Gasteiger charge is 2.40. The molecule has 0 aliphatic heterocycles. The normalized spacial score (nSPS) is 43.7. The van der Waals surface area contributed by atoms with Crippen molar-refractivity contribution in [3.05, 3.63) is 0 Å². The van der Waals surface area contributed by atoms with Gasteiger partial charge in [0.25, 0.3) is 0 Å². The minimum atomic E-state index is 0.819. The molecule has 29 heavy (non-hydrogen) atoms. The Hall–Kier alpha value is -0.0400. The first-order chi connectivity index (χ1) is 14.3. The van der Waals surface area contributed by atoms with Gasteiger partial charge in [-0.05, 0) is 126 Å². The zero-order chi connectivity index (χ0) is 20.1. The summed E-state index contributed by atoms with van der Waals surface area (Å²) in [7, 11) is 2.16. The van der Waals surface area contributed by atoms with E-state index in [4.69, 9.17) is 0 Å². The van der Waals surface area contributed by atoms with Crippen molar-refractivity contribution in [2.45, 2.75) is 129 Å². The maximum atomic E-state index is 3.52. The van der Waals surface area contributed by atoms with E-state index in [1.807, 2.05) is 0 Å². The molecule has 0 aromatic heterocycles. The molecule has 0 saturated heterocycles. The van der Waals surface area contributed by atoms with Crippen molar-refractivity contribution in [3.8, 4) is 0 Å². The summed E-state index contributed by atoms with van der Waals surface area (Å²) in [6.07, 6.45) is 27.6. The van der Waals surface area contributed by atoms with Crippen LogP contribution in [-0.2, 0) is 0 Å². The fourth-order valence-corrected chi connectivity index (χ4v) is 8.33. The maximum Gasteiger partial charge on any atom is 0.00642 e. The van der Waals surface area contributed by atoms with Crippen LogP contribution in [0.15, 0.2) is 0 Å². The van der Waals surface area contributed by atoms with Crippen LogP contribution in [0.4, 0.5) is 0 Å². The number of fused-ring (bicyclic) bond motifs is 1. The minimum Gasteiger partial charge on any atom is -0.317 e. The third-order valence-corrected chi connectivity index (χ3v) is 10.3. The molecule has 0 amide bonds. The lowest BCUT2D eigenvalue weighted by Crippen LogP contribution is -2.38. The molecule has 0 spiro atoms. The fraction of sp³-hybridized carbons (Fsp3) is 1.00. The predicted octanol–water partition coefficient (Wildman–Crippen LogP) is 7.98. The van der Waals surface area contributed by atoms with Crippen molar-refractivity contribution in [1.29, 1.82) is 0 Å². The summed E-state index contributed by atoms with van der Waals surface area (Å²) in [6, 6.07) is 0.819. The van der Waals surface area contributed by atoms with Crippen molar-refractivity contribution in [1.82, 2.24) is 5.32 Å². The van der Waals surface area contributed by atoms with Crippen LogP contribution in [0.3, 0.4) is 0 Å². The van der Waals surface area contributed by atoms with Gasteiger partial charge in [0.15, 0.2) is 0 Å². The molecule has 0 aromatic rings. The van der Waals surface area contributed by atoms with Crippen molar-refractivity contribution >= 4 is 0 Å². The van der Waals surface area contributed by atoms with Gasteiger partial charge in [-0.3, -0.25) is 0 Å². The van der Waals surface area contributed by atoms with E-state index in [9.17, 15) is 0 Å². The van der Waals surface area contributed by atoms with E-state index in [-0.39, 0.29) is 0 Å². The topological polar surface area (TPSA) is 12.0 Å². The van der Waals surface area contributed by atoms with Crippen LogP contribution in [0.5, 0.6) is 0 Å². The summed E-state index contributed by atoms with van der Waals surface area (Å²) in [5.41, 5.74) is 0. The fourth-order valence-electron chi connectivity index (χ4n) is 8.33. The van der Waals surface area contributed by atoms with E-state index >= 15 is 0 Å². The van der Waals surface area contributed by atoms with Crippen molar-refractivity contribution in [3.63, 3.8) is 0 Å². The quantitative estimate of drug-likeness (QED) is 0.426. The molecule has 0 radical (unpaired) electrons. The number of hydrogen-bond donors (Lipinski definition) is 1. The van der Waals surface area contributed by atoms with Crippen LogP contribution in [0, 0.1) is 41.4 Å². The highest BCUT2D eigenvalue weighted by atomic mass is 14.9. The number of unbranched alkanes of at least 4 members (excludes halogenated alkanes) is 2. The first kappa shape index (κ1) is 22.2. The molecule has 4 fully saturated rings. The van der Waals surface area contributed by atoms with Crippen LogP contribution in [0.2, 0.25) is 0 Å². The van der Waals surface area contributed by atoms with Crippen LogP contribution < -0.4 is 5.32 Å². The highest BCUT2D eigenvalue weighted by Crippen LogP contribution is 2.51. The Labute approximate surface area is 182 Å². The van der Waals surface area contributed by atoms with Gasteiger partial charge in [-0.1, -0.05) is 45.4 Å². The molecule has 1 nitrogen and oxygen atoms in total. The smallest absolute Gasteiger partial charge is 0.00642 e. The molecule has 4 unspecified atom stereocenters. The Kier molecular flexibility index (Phi) is 8.42. The second-order valence-electron chi connectivity index (χ2n) is 11.8. The molecule has 0 bridgehead atoms. The average Bonchev–Trinajstić information content (AvgIpc) is 2.79. The molecule has 4 aliphatic rings. The molecule has 4 aliphatic carbocycles. The van der Waals surface area contributed by atoms with Crippen molar-refractivity contribution in [2.75, 3.05) is 7.05 Å². The summed E-state index contributed by atoms with van der Waals surface area (Å²) in [5.74, 6) is 7.68. The van der Waals surface area contributed by atoms with Gasteiger partial charge in [0.1, 0.15) is 0 Å². The molecule has 4 rings (SSSR count). The van der Waals surface area contributed by atoms with Gasteiger partial charge in [-0.2, -0.15) is 0 Å². The number of hydrogen-bond acceptors (Lipinski definition) is 1. The molecule has 1 N–H and O–H groups in total. The monoisotopic (exact) mass is 401 g/mol. The van der Waals surface area contributed by atoms with E-state index in [1.165, 1.54) is 51.4 Å². The van der Waals surface area contributed by atoms with Crippen LogP contribution >= 0.6 is 0 Å². The van der Waals surface area contributed by atoms with Gasteiger partial charge in [-0.25, -0.2) is 0 Å². The summed E-state index contributed by atoms with van der Waals surface area (Å²) in [4.78, 5) is 0. The molecule has 1 heteroatoms. The lowest BCUT2D eigenvalue weighted by molar-refractivity contribution is 0.0387. The molecule has 0 heterocycles. The second-order valence-corrected chi connectivity index (χ2v) is 11.8. The van der Waals surface area contributed by atoms with Crippen LogP contribution in [0.25, 0.3) is 0 Å². The van der Waals surface area contributed by atoms with Gasteiger partial charge in [0.05, 0.1) is 0 Å². The van der Waals surface area contributed by atoms with E-state index in [0.29, 0.717) is 0 Å². The SMILES string of the molecule is CCCCCC1CCC(C2CCC3CC(C4CCC(NC)CC4)CCC3C2)CC1. The summed E-state index contributed by atoms with van der Waals surface area (Å²) < 4.78 is 0. The maximum absolute atomic E-state index is 3.52. The summed E-state index contributed by atoms with van der Waals surface area (Å²) in [5, 5.41) is 3.52. The van der Waals surface area contributed by atoms with Gasteiger partial charge in [0, 0.05) is 6.04 Å². The van der Waals surface area contributed by atoms with E-state index in [1.54, 1.807) is 64.2 Å². The largest absolute Gasteiger partial charge is 0.317 e. The van der Waals surface area contributed by atoms with E-state index < -0.39 is 0 Å². The zero-order valence-corrected chi connectivity index (χ0v) is 19.8. The number of nitrogens with one attached hydrogen (secondary N) is 1. The van der Waals surface area contributed by atoms with E-state index in [0.717, 1.165) is 47.5 Å². The molecular formula is C28H51N. The van der Waals surface area contributed by atoms with Crippen molar-refractivity contribution in [2.24, 2.45) is 41.4 Å². The molecule has 168 valence electrons. The molecule has 4 atom stereocenters. The Morgan fingerprint density at radius 2 is 1.00 bits per heavy atom. The first-order valence-electron chi connectivity index (χ1n) is 13.9. The third-order valence-electron chi connectivity index (χ3n) is 10.3. The summed E-state index contributed by atoms with van der Waals surface area (Å²) in [6.45, 7) is 2.34. The zero-order valence-electron chi connectivity index (χ0n) is 19.8. The summed E-state index contributed by atoms with van der Waals surface area (Å²) >= 11 is 0. The lowest BCUT2D eigenvalue weighted by atomic mass is 9.59. The molecule has 0 aromatic carbocycles. The lowest BCUT2D eigenvalue weighted by Gasteiger charge is -2.47.